The molecule has 1 atom stereocenters. The number of fused-ring (bicyclic) bond motifs is 1. The first-order valence-electron chi connectivity index (χ1n) is 5.65. The van der Waals surface area contributed by atoms with Crippen molar-refractivity contribution in [1.82, 2.24) is 10.5 Å². The van der Waals surface area contributed by atoms with Gasteiger partial charge in [-0.05, 0) is 12.1 Å². The quantitative estimate of drug-likeness (QED) is 0.661. The minimum absolute atomic E-state index is 0.00248. The predicted molar refractivity (Wildman–Crippen MR) is 65.9 cm³/mol. The zero-order valence-electron chi connectivity index (χ0n) is 10.00. The molecule has 1 heterocycles. The molecule has 1 aromatic carbocycles. The summed E-state index contributed by atoms with van der Waals surface area (Å²) < 4.78 is 5.06. The number of nitrogens with two attached hydrogens (primary N) is 1. The number of carbonyl (C=O) groups excluding carboxylic acids is 2. The van der Waals surface area contributed by atoms with Gasteiger partial charge in [-0.25, -0.2) is 0 Å². The Morgan fingerprint density at radius 1 is 1.42 bits per heavy atom. The van der Waals surface area contributed by atoms with Crippen molar-refractivity contribution in [3.63, 3.8) is 0 Å². The van der Waals surface area contributed by atoms with Crippen molar-refractivity contribution in [3.8, 4) is 0 Å². The van der Waals surface area contributed by atoms with E-state index in [1.165, 1.54) is 0 Å². The van der Waals surface area contributed by atoms with Crippen molar-refractivity contribution >= 4 is 22.8 Å². The molecule has 0 saturated carbocycles. The van der Waals surface area contributed by atoms with E-state index in [-0.39, 0.29) is 18.9 Å². The standard InChI is InChI=1S/C12H13N3O4/c13-12(18)9(16)6-14-11(17)5-8-7-3-1-2-4-10(7)19-15-8/h1-4,9,16H,5-6H2,(H2,13,18)(H,14,17). The van der Waals surface area contributed by atoms with Crippen LogP contribution in [0.3, 0.4) is 0 Å². The first kappa shape index (κ1) is 13.0. The molecule has 0 spiro atoms. The smallest absolute Gasteiger partial charge is 0.248 e. The maximum Gasteiger partial charge on any atom is 0.248 e. The van der Waals surface area contributed by atoms with Crippen LogP contribution in [0.2, 0.25) is 0 Å². The fraction of sp³-hybridized carbons (Fsp3) is 0.250. The number of primary amides is 1. The highest BCUT2D eigenvalue weighted by Crippen LogP contribution is 2.17. The number of aliphatic hydroxyl groups excluding tert-OH is 1. The molecule has 4 N–H and O–H groups in total. The molecule has 0 radical (unpaired) electrons. The first-order chi connectivity index (χ1) is 9.08. The summed E-state index contributed by atoms with van der Waals surface area (Å²) in [6.07, 6.45) is -1.39. The summed E-state index contributed by atoms with van der Waals surface area (Å²) in [5, 5.41) is 16.1. The predicted octanol–water partition coefficient (Wildman–Crippen LogP) is -0.667. The summed E-state index contributed by atoms with van der Waals surface area (Å²) in [4.78, 5) is 22.2. The second-order valence-corrected chi connectivity index (χ2v) is 4.02. The van der Waals surface area contributed by atoms with Crippen LogP contribution in [0.15, 0.2) is 28.8 Å². The van der Waals surface area contributed by atoms with Gasteiger partial charge in [-0.2, -0.15) is 0 Å². The van der Waals surface area contributed by atoms with E-state index in [1.807, 2.05) is 6.07 Å². The Bertz CT molecular complexity index is 608. The van der Waals surface area contributed by atoms with Gasteiger partial charge in [-0.1, -0.05) is 17.3 Å². The number of hydrogen-bond donors (Lipinski definition) is 3. The maximum atomic E-state index is 11.6. The molecular formula is C12H13N3O4. The van der Waals surface area contributed by atoms with E-state index in [1.54, 1.807) is 18.2 Å². The number of aromatic nitrogens is 1. The monoisotopic (exact) mass is 263 g/mol. The average Bonchev–Trinajstić information content (AvgIpc) is 2.79. The van der Waals surface area contributed by atoms with Gasteiger partial charge < -0.3 is 20.7 Å². The molecule has 2 amide bonds. The van der Waals surface area contributed by atoms with Crippen molar-refractivity contribution in [2.45, 2.75) is 12.5 Å². The van der Waals surface area contributed by atoms with Gasteiger partial charge in [-0.15, -0.1) is 0 Å². The lowest BCUT2D eigenvalue weighted by Crippen LogP contribution is -2.40. The molecule has 0 aliphatic carbocycles. The molecule has 0 bridgehead atoms. The van der Waals surface area contributed by atoms with Crippen LogP contribution in [0.25, 0.3) is 11.0 Å². The topological polar surface area (TPSA) is 118 Å². The third-order valence-corrected chi connectivity index (χ3v) is 2.60. The lowest BCUT2D eigenvalue weighted by Gasteiger charge is -2.07. The van der Waals surface area contributed by atoms with E-state index >= 15 is 0 Å². The molecule has 7 nitrogen and oxygen atoms in total. The number of para-hydroxylation sites is 1. The molecule has 7 heteroatoms. The highest BCUT2D eigenvalue weighted by atomic mass is 16.5. The molecule has 1 unspecified atom stereocenters. The van der Waals surface area contributed by atoms with E-state index in [2.05, 4.69) is 10.5 Å². The van der Waals surface area contributed by atoms with Crippen LogP contribution < -0.4 is 11.1 Å². The Hall–Kier alpha value is -2.41. The number of aliphatic hydroxyl groups is 1. The second kappa shape index (κ2) is 5.49. The van der Waals surface area contributed by atoms with E-state index in [0.29, 0.717) is 11.3 Å². The van der Waals surface area contributed by atoms with Gasteiger partial charge in [0.15, 0.2) is 5.58 Å². The Balaban J connectivity index is 1.97. The molecule has 0 aliphatic rings. The van der Waals surface area contributed by atoms with Gasteiger partial charge in [0.25, 0.3) is 0 Å². The zero-order chi connectivity index (χ0) is 13.8. The van der Waals surface area contributed by atoms with E-state index < -0.39 is 12.0 Å². The van der Waals surface area contributed by atoms with Gasteiger partial charge in [0, 0.05) is 5.39 Å². The zero-order valence-corrected chi connectivity index (χ0v) is 10.00. The van der Waals surface area contributed by atoms with Crippen molar-refractivity contribution in [3.05, 3.63) is 30.0 Å². The van der Waals surface area contributed by atoms with Crippen molar-refractivity contribution in [2.24, 2.45) is 5.73 Å². The lowest BCUT2D eigenvalue weighted by molar-refractivity contribution is -0.126. The molecule has 0 saturated heterocycles. The fourth-order valence-corrected chi connectivity index (χ4v) is 1.59. The van der Waals surface area contributed by atoms with E-state index in [4.69, 9.17) is 15.4 Å². The normalized spacial score (nSPS) is 12.3. The number of benzene rings is 1. The Morgan fingerprint density at radius 2 is 2.16 bits per heavy atom. The third kappa shape index (κ3) is 3.08. The van der Waals surface area contributed by atoms with Gasteiger partial charge >= 0.3 is 0 Å². The minimum Gasteiger partial charge on any atom is -0.381 e. The molecule has 2 aromatic rings. The van der Waals surface area contributed by atoms with E-state index in [0.717, 1.165) is 5.39 Å². The summed E-state index contributed by atoms with van der Waals surface area (Å²) in [5.74, 6) is -1.26. The minimum atomic E-state index is -1.39. The second-order valence-electron chi connectivity index (χ2n) is 4.02. The van der Waals surface area contributed by atoms with Crippen LogP contribution in [0, 0.1) is 0 Å². The fourth-order valence-electron chi connectivity index (χ4n) is 1.59. The number of amides is 2. The van der Waals surface area contributed by atoms with Gasteiger partial charge in [-0.3, -0.25) is 9.59 Å². The molecular weight excluding hydrogens is 250 g/mol. The molecule has 100 valence electrons. The third-order valence-electron chi connectivity index (χ3n) is 2.60. The summed E-state index contributed by atoms with van der Waals surface area (Å²) in [5.41, 5.74) is 5.97. The van der Waals surface area contributed by atoms with Gasteiger partial charge in [0.2, 0.25) is 11.8 Å². The number of hydrogen-bond acceptors (Lipinski definition) is 5. The Kier molecular flexibility index (Phi) is 3.76. The summed E-state index contributed by atoms with van der Waals surface area (Å²) in [6, 6.07) is 7.17. The highest BCUT2D eigenvalue weighted by molar-refractivity contribution is 5.86. The Morgan fingerprint density at radius 3 is 2.89 bits per heavy atom. The number of nitrogens with zero attached hydrogens (tertiary/aromatic N) is 1. The summed E-state index contributed by atoms with van der Waals surface area (Å²) in [6.45, 7) is -0.218. The van der Waals surface area contributed by atoms with Gasteiger partial charge in [0.05, 0.1) is 13.0 Å². The average molecular weight is 263 g/mol. The number of rotatable bonds is 5. The molecule has 1 aromatic heterocycles. The SMILES string of the molecule is NC(=O)C(O)CNC(=O)Cc1noc2ccccc12. The van der Waals surface area contributed by atoms with Gasteiger partial charge in [0.1, 0.15) is 11.8 Å². The maximum absolute atomic E-state index is 11.6. The van der Waals surface area contributed by atoms with Crippen molar-refractivity contribution in [2.75, 3.05) is 6.54 Å². The van der Waals surface area contributed by atoms with Crippen LogP contribution in [-0.4, -0.2) is 34.7 Å². The van der Waals surface area contributed by atoms with Crippen LogP contribution in [0.4, 0.5) is 0 Å². The Labute approximate surface area is 108 Å². The molecule has 0 aliphatic heterocycles. The molecule has 0 fully saturated rings. The van der Waals surface area contributed by atoms with E-state index in [9.17, 15) is 9.59 Å². The molecule has 19 heavy (non-hydrogen) atoms. The largest absolute Gasteiger partial charge is 0.381 e. The van der Waals surface area contributed by atoms with Crippen LogP contribution in [0.1, 0.15) is 5.69 Å². The lowest BCUT2D eigenvalue weighted by atomic mass is 10.1. The summed E-state index contributed by atoms with van der Waals surface area (Å²) >= 11 is 0. The van der Waals surface area contributed by atoms with Crippen molar-refractivity contribution < 1.29 is 19.2 Å². The highest BCUT2D eigenvalue weighted by Gasteiger charge is 2.15. The number of nitrogens with one attached hydrogen (secondary N) is 1. The van der Waals surface area contributed by atoms with Crippen LogP contribution in [0.5, 0.6) is 0 Å². The summed E-state index contributed by atoms with van der Waals surface area (Å²) in [7, 11) is 0. The van der Waals surface area contributed by atoms with Crippen LogP contribution >= 0.6 is 0 Å². The molecule has 2 rings (SSSR count). The van der Waals surface area contributed by atoms with Crippen LogP contribution in [-0.2, 0) is 16.0 Å². The number of carbonyl (C=O) groups is 2. The van der Waals surface area contributed by atoms with Crippen molar-refractivity contribution in [1.29, 1.82) is 0 Å². The first-order valence-corrected chi connectivity index (χ1v) is 5.65.